The minimum atomic E-state index is -0.769. The normalized spacial score (nSPS) is 14.4. The van der Waals surface area contributed by atoms with Crippen molar-refractivity contribution in [3.05, 3.63) is 94.9 Å². The molecular weight excluding hydrogens is 456 g/mol. The summed E-state index contributed by atoms with van der Waals surface area (Å²) >= 11 is 0. The fourth-order valence-corrected chi connectivity index (χ4v) is 4.19. The first kappa shape index (κ1) is 23.2. The van der Waals surface area contributed by atoms with Crippen molar-refractivity contribution >= 4 is 28.5 Å². The lowest BCUT2D eigenvalue weighted by Crippen LogP contribution is -2.19. The van der Waals surface area contributed by atoms with E-state index in [1.807, 2.05) is 66.7 Å². The number of aromatic nitrogens is 1. The summed E-state index contributed by atoms with van der Waals surface area (Å²) in [6.45, 7) is 3.51. The Bertz CT molecular complexity index is 1520. The van der Waals surface area contributed by atoms with Gasteiger partial charge in [-0.1, -0.05) is 65.7 Å². The van der Waals surface area contributed by atoms with Crippen LogP contribution < -0.4 is 5.32 Å². The van der Waals surface area contributed by atoms with E-state index in [9.17, 15) is 14.7 Å². The van der Waals surface area contributed by atoms with Crippen LogP contribution in [0.5, 0.6) is 0 Å². The molecule has 1 aromatic heterocycles. The van der Waals surface area contributed by atoms with E-state index < -0.39 is 23.6 Å². The number of nitrogens with zero attached hydrogens (tertiary/aromatic N) is 1. The number of anilines is 1. The van der Waals surface area contributed by atoms with Crippen LogP contribution >= 0.6 is 0 Å². The van der Waals surface area contributed by atoms with Crippen molar-refractivity contribution in [2.75, 3.05) is 5.32 Å². The zero-order chi connectivity index (χ0) is 25.3. The Morgan fingerprint density at radius 2 is 1.78 bits per heavy atom. The lowest BCUT2D eigenvalue weighted by molar-refractivity contribution is -0.140. The van der Waals surface area contributed by atoms with Gasteiger partial charge in [0.25, 0.3) is 0 Å². The van der Waals surface area contributed by atoms with E-state index in [0.717, 1.165) is 27.5 Å². The number of rotatable bonds is 5. The van der Waals surface area contributed by atoms with Crippen molar-refractivity contribution in [2.24, 2.45) is 0 Å². The molecule has 1 aliphatic carbocycles. The van der Waals surface area contributed by atoms with Gasteiger partial charge in [-0.15, -0.1) is 0 Å². The predicted octanol–water partition coefficient (Wildman–Crippen LogP) is 5.96. The molecule has 1 unspecified atom stereocenters. The van der Waals surface area contributed by atoms with Crippen LogP contribution in [0.2, 0.25) is 0 Å². The number of nitrogens with one attached hydrogen (secondary N) is 1. The standard InChI is InChI=1S/C29H24N2O5/c1-18-26(30-28(34)35-19(2)21-6-4-3-5-7-21)25(36-31-18)13-9-20-8-10-23-17-24(12-11-22(23)16-20)29(14-15-29)27(32)33/h3-8,10-12,16-17,19H,14-15H2,1-2H3,(H,30,34)(H,32,33). The van der Waals surface area contributed by atoms with Crippen molar-refractivity contribution in [1.29, 1.82) is 0 Å². The van der Waals surface area contributed by atoms with E-state index in [1.54, 1.807) is 13.8 Å². The van der Waals surface area contributed by atoms with Gasteiger partial charge in [-0.2, -0.15) is 0 Å². The number of hydrogen-bond donors (Lipinski definition) is 2. The number of carbonyl (C=O) groups is 2. The highest BCUT2D eigenvalue weighted by Gasteiger charge is 2.51. The maximum absolute atomic E-state index is 12.5. The molecule has 1 aliphatic rings. The highest BCUT2D eigenvalue weighted by Crippen LogP contribution is 2.48. The third-order valence-electron chi connectivity index (χ3n) is 6.52. The van der Waals surface area contributed by atoms with Crippen molar-refractivity contribution in [2.45, 2.75) is 38.2 Å². The molecule has 36 heavy (non-hydrogen) atoms. The Labute approximate surface area is 208 Å². The maximum atomic E-state index is 12.5. The number of carboxylic acid groups (broad SMARTS) is 1. The smallest absolute Gasteiger partial charge is 0.412 e. The van der Waals surface area contributed by atoms with Crippen LogP contribution in [0.25, 0.3) is 10.8 Å². The minimum Gasteiger partial charge on any atom is -0.481 e. The summed E-state index contributed by atoms with van der Waals surface area (Å²) in [7, 11) is 0. The Morgan fingerprint density at radius 1 is 1.06 bits per heavy atom. The number of fused-ring (bicyclic) bond motifs is 1. The molecule has 2 N–H and O–H groups in total. The van der Waals surface area contributed by atoms with Crippen molar-refractivity contribution in [1.82, 2.24) is 5.16 Å². The van der Waals surface area contributed by atoms with Gasteiger partial charge in [0.1, 0.15) is 17.5 Å². The first-order valence-corrected chi connectivity index (χ1v) is 11.6. The number of hydrogen-bond acceptors (Lipinski definition) is 5. The molecule has 180 valence electrons. The van der Waals surface area contributed by atoms with Crippen LogP contribution in [0.15, 0.2) is 71.3 Å². The third-order valence-corrected chi connectivity index (χ3v) is 6.52. The highest BCUT2D eigenvalue weighted by molar-refractivity contribution is 5.90. The molecule has 5 rings (SSSR count). The summed E-state index contributed by atoms with van der Waals surface area (Å²) in [5.74, 6) is 5.45. The second-order valence-electron chi connectivity index (χ2n) is 8.97. The van der Waals surface area contributed by atoms with E-state index in [-0.39, 0.29) is 5.76 Å². The lowest BCUT2D eigenvalue weighted by Gasteiger charge is -2.13. The topological polar surface area (TPSA) is 102 Å². The molecule has 0 radical (unpaired) electrons. The largest absolute Gasteiger partial charge is 0.481 e. The van der Waals surface area contributed by atoms with Gasteiger partial charge in [0.05, 0.1) is 5.41 Å². The second kappa shape index (κ2) is 9.23. The highest BCUT2D eigenvalue weighted by atomic mass is 16.6. The molecule has 7 heteroatoms. The average molecular weight is 481 g/mol. The molecule has 0 aliphatic heterocycles. The quantitative estimate of drug-likeness (QED) is 0.342. The number of carbonyl (C=O) groups excluding carboxylic acids is 1. The Kier molecular flexibility index (Phi) is 5.95. The molecule has 0 saturated heterocycles. The van der Waals surface area contributed by atoms with Crippen LogP contribution in [0, 0.1) is 18.8 Å². The fraction of sp³-hybridized carbons (Fsp3) is 0.207. The lowest BCUT2D eigenvalue weighted by atomic mass is 9.93. The number of benzene rings is 3. The van der Waals surface area contributed by atoms with Crippen LogP contribution in [-0.2, 0) is 14.9 Å². The van der Waals surface area contributed by atoms with E-state index in [4.69, 9.17) is 9.26 Å². The molecular formula is C29H24N2O5. The van der Waals surface area contributed by atoms with Crippen LogP contribution in [0.3, 0.4) is 0 Å². The van der Waals surface area contributed by atoms with Crippen molar-refractivity contribution in [3.63, 3.8) is 0 Å². The van der Waals surface area contributed by atoms with E-state index in [2.05, 4.69) is 22.3 Å². The van der Waals surface area contributed by atoms with Crippen molar-refractivity contribution < 1.29 is 24.0 Å². The molecule has 7 nitrogen and oxygen atoms in total. The van der Waals surface area contributed by atoms with Gasteiger partial charge in [-0.3, -0.25) is 10.1 Å². The van der Waals surface area contributed by atoms with Gasteiger partial charge in [0.15, 0.2) is 0 Å². The molecule has 1 atom stereocenters. The van der Waals surface area contributed by atoms with Gasteiger partial charge in [0, 0.05) is 5.56 Å². The number of aliphatic carboxylic acids is 1. The molecule has 1 saturated carbocycles. The molecule has 1 fully saturated rings. The summed E-state index contributed by atoms with van der Waals surface area (Å²) < 4.78 is 10.8. The van der Waals surface area contributed by atoms with Gasteiger partial charge in [-0.25, -0.2) is 4.79 Å². The molecule has 3 aromatic carbocycles. The monoisotopic (exact) mass is 480 g/mol. The van der Waals surface area contributed by atoms with E-state index >= 15 is 0 Å². The number of aryl methyl sites for hydroxylation is 1. The zero-order valence-electron chi connectivity index (χ0n) is 19.9. The Balaban J connectivity index is 1.32. The summed E-state index contributed by atoms with van der Waals surface area (Å²) in [5, 5.41) is 18.1. The van der Waals surface area contributed by atoms with Crippen LogP contribution in [0.4, 0.5) is 10.5 Å². The van der Waals surface area contributed by atoms with Crippen LogP contribution in [-0.4, -0.2) is 22.3 Å². The first-order valence-electron chi connectivity index (χ1n) is 11.6. The summed E-state index contributed by atoms with van der Waals surface area (Å²) in [6.07, 6.45) is 0.285. The SMILES string of the molecule is Cc1noc(C#Cc2ccc3cc(C4(C(=O)O)CC4)ccc3c2)c1NC(=O)OC(C)c1ccccc1. The van der Waals surface area contributed by atoms with Gasteiger partial charge >= 0.3 is 12.1 Å². The van der Waals surface area contributed by atoms with Gasteiger partial charge in [-0.05, 0) is 66.6 Å². The zero-order valence-corrected chi connectivity index (χ0v) is 19.9. The number of amides is 1. The van der Waals surface area contributed by atoms with Gasteiger partial charge < -0.3 is 14.4 Å². The predicted molar refractivity (Wildman–Crippen MR) is 135 cm³/mol. The second-order valence-corrected chi connectivity index (χ2v) is 8.97. The first-order chi connectivity index (χ1) is 17.4. The van der Waals surface area contributed by atoms with E-state index in [1.165, 1.54) is 0 Å². The maximum Gasteiger partial charge on any atom is 0.412 e. The van der Waals surface area contributed by atoms with Gasteiger partial charge in [0.2, 0.25) is 5.76 Å². The Morgan fingerprint density at radius 3 is 2.50 bits per heavy atom. The minimum absolute atomic E-state index is 0.226. The number of ether oxygens (including phenoxy) is 1. The third kappa shape index (κ3) is 4.53. The molecule has 0 bridgehead atoms. The summed E-state index contributed by atoms with van der Waals surface area (Å²) in [6, 6.07) is 20.9. The molecule has 0 spiro atoms. The fourth-order valence-electron chi connectivity index (χ4n) is 4.19. The summed E-state index contributed by atoms with van der Waals surface area (Å²) in [4.78, 5) is 24.1. The van der Waals surface area contributed by atoms with Crippen molar-refractivity contribution in [3.8, 4) is 11.8 Å². The Hall–Kier alpha value is -4.57. The van der Waals surface area contributed by atoms with Crippen LogP contribution in [0.1, 0.15) is 54.0 Å². The average Bonchev–Trinajstić information content (AvgIpc) is 3.63. The molecule has 1 heterocycles. The number of carboxylic acids is 1. The molecule has 4 aromatic rings. The summed E-state index contributed by atoms with van der Waals surface area (Å²) in [5.41, 5.74) is 2.58. The van der Waals surface area contributed by atoms with E-state index in [0.29, 0.717) is 24.2 Å². The molecule has 1 amide bonds.